The first kappa shape index (κ1) is 15.4. The maximum atomic E-state index is 11.5. The molecule has 1 amide bonds. The first-order chi connectivity index (χ1) is 7.75. The summed E-state index contributed by atoms with van der Waals surface area (Å²) in [5.41, 5.74) is 0.653. The van der Waals surface area contributed by atoms with Gasteiger partial charge in [0.1, 0.15) is 0 Å². The Morgan fingerprint density at radius 2 is 1.88 bits per heavy atom. The number of hydrogen-bond donors (Lipinski definition) is 0. The van der Waals surface area contributed by atoms with E-state index in [2.05, 4.69) is 6.58 Å². The Kier molecular flexibility index (Phi) is 6.25. The van der Waals surface area contributed by atoms with Gasteiger partial charge in [-0.25, -0.2) is 4.79 Å². The SMILES string of the molecule is C=C(/C=C(\C)C(=O)OCC(C)C)C(=O)N(C)C. The van der Waals surface area contributed by atoms with Gasteiger partial charge in [0.05, 0.1) is 6.61 Å². The number of rotatable bonds is 5. The first-order valence-electron chi connectivity index (χ1n) is 5.51. The van der Waals surface area contributed by atoms with Crippen LogP contribution in [0.3, 0.4) is 0 Å². The molecule has 0 aromatic carbocycles. The van der Waals surface area contributed by atoms with Crippen molar-refractivity contribution >= 4 is 11.9 Å². The highest BCUT2D eigenvalue weighted by Gasteiger charge is 2.11. The summed E-state index contributed by atoms with van der Waals surface area (Å²) in [5, 5.41) is 0. The smallest absolute Gasteiger partial charge is 0.333 e. The van der Waals surface area contributed by atoms with Crippen LogP contribution < -0.4 is 0 Å². The van der Waals surface area contributed by atoms with E-state index in [4.69, 9.17) is 4.74 Å². The largest absolute Gasteiger partial charge is 0.462 e. The highest BCUT2D eigenvalue weighted by atomic mass is 16.5. The lowest BCUT2D eigenvalue weighted by Crippen LogP contribution is -2.22. The van der Waals surface area contributed by atoms with Gasteiger partial charge in [-0.3, -0.25) is 4.79 Å². The highest BCUT2D eigenvalue weighted by molar-refractivity contribution is 5.98. The molecule has 0 aromatic rings. The number of nitrogens with zero attached hydrogens (tertiary/aromatic N) is 1. The van der Waals surface area contributed by atoms with E-state index in [1.807, 2.05) is 13.8 Å². The molecule has 96 valence electrons. The second-order valence-electron chi connectivity index (χ2n) is 4.54. The molecule has 0 saturated carbocycles. The molecule has 0 aliphatic rings. The topological polar surface area (TPSA) is 46.6 Å². The van der Waals surface area contributed by atoms with Crippen molar-refractivity contribution in [2.75, 3.05) is 20.7 Å². The van der Waals surface area contributed by atoms with E-state index in [1.165, 1.54) is 11.0 Å². The predicted molar refractivity (Wildman–Crippen MR) is 67.4 cm³/mol. The van der Waals surface area contributed by atoms with Gasteiger partial charge in [0, 0.05) is 25.2 Å². The Balaban J connectivity index is 4.48. The van der Waals surface area contributed by atoms with Crippen LogP contribution in [0.5, 0.6) is 0 Å². The minimum absolute atomic E-state index is 0.221. The predicted octanol–water partition coefficient (Wildman–Crippen LogP) is 1.78. The molecular formula is C13H21NO3. The lowest BCUT2D eigenvalue weighted by atomic mass is 10.1. The van der Waals surface area contributed by atoms with Crippen molar-refractivity contribution in [3.8, 4) is 0 Å². The number of likely N-dealkylation sites (N-methyl/N-ethyl adjacent to an activating group) is 1. The number of amides is 1. The fourth-order valence-corrected chi connectivity index (χ4v) is 1.03. The lowest BCUT2D eigenvalue weighted by molar-refractivity contribution is -0.140. The molecule has 0 spiro atoms. The van der Waals surface area contributed by atoms with Crippen LogP contribution in [0, 0.1) is 5.92 Å². The van der Waals surface area contributed by atoms with Crippen LogP contribution in [0.15, 0.2) is 23.8 Å². The van der Waals surface area contributed by atoms with Crippen molar-refractivity contribution in [2.45, 2.75) is 20.8 Å². The number of carbonyl (C=O) groups is 2. The van der Waals surface area contributed by atoms with Gasteiger partial charge in [0.2, 0.25) is 0 Å². The molecule has 0 fully saturated rings. The number of carbonyl (C=O) groups excluding carboxylic acids is 2. The Morgan fingerprint density at radius 1 is 1.35 bits per heavy atom. The summed E-state index contributed by atoms with van der Waals surface area (Å²) in [6, 6.07) is 0. The van der Waals surface area contributed by atoms with E-state index in [0.717, 1.165) is 0 Å². The number of esters is 1. The monoisotopic (exact) mass is 239 g/mol. The van der Waals surface area contributed by atoms with Crippen molar-refractivity contribution < 1.29 is 14.3 Å². The third-order valence-electron chi connectivity index (χ3n) is 1.94. The van der Waals surface area contributed by atoms with Crippen molar-refractivity contribution in [2.24, 2.45) is 5.92 Å². The fraction of sp³-hybridized carbons (Fsp3) is 0.538. The van der Waals surface area contributed by atoms with E-state index in [1.54, 1.807) is 21.0 Å². The van der Waals surface area contributed by atoms with Crippen molar-refractivity contribution in [3.63, 3.8) is 0 Å². The van der Waals surface area contributed by atoms with Crippen molar-refractivity contribution in [1.29, 1.82) is 0 Å². The van der Waals surface area contributed by atoms with E-state index in [0.29, 0.717) is 18.1 Å². The maximum absolute atomic E-state index is 11.5. The minimum atomic E-state index is -0.411. The molecule has 17 heavy (non-hydrogen) atoms. The molecular weight excluding hydrogens is 218 g/mol. The van der Waals surface area contributed by atoms with Crippen LogP contribution in [0.1, 0.15) is 20.8 Å². The van der Waals surface area contributed by atoms with Crippen LogP contribution in [0.4, 0.5) is 0 Å². The maximum Gasteiger partial charge on any atom is 0.333 e. The van der Waals surface area contributed by atoms with Crippen LogP contribution in [0.25, 0.3) is 0 Å². The molecule has 0 N–H and O–H groups in total. The van der Waals surface area contributed by atoms with Crippen LogP contribution >= 0.6 is 0 Å². The molecule has 4 heteroatoms. The second-order valence-corrected chi connectivity index (χ2v) is 4.54. The van der Waals surface area contributed by atoms with Crippen LogP contribution in [-0.2, 0) is 14.3 Å². The van der Waals surface area contributed by atoms with Gasteiger partial charge in [0.15, 0.2) is 0 Å². The molecule has 0 unspecified atom stereocenters. The van der Waals surface area contributed by atoms with Gasteiger partial charge < -0.3 is 9.64 Å². The average Bonchev–Trinajstić information content (AvgIpc) is 2.24. The molecule has 0 aliphatic carbocycles. The van der Waals surface area contributed by atoms with Gasteiger partial charge >= 0.3 is 5.97 Å². The van der Waals surface area contributed by atoms with E-state index in [9.17, 15) is 9.59 Å². The molecule has 0 rings (SSSR count). The zero-order chi connectivity index (χ0) is 13.6. The Hall–Kier alpha value is -1.58. The molecule has 0 bridgehead atoms. The molecule has 0 saturated heterocycles. The molecule has 0 aromatic heterocycles. The van der Waals surface area contributed by atoms with Crippen molar-refractivity contribution in [3.05, 3.63) is 23.8 Å². The lowest BCUT2D eigenvalue weighted by Gasteiger charge is -2.11. The first-order valence-corrected chi connectivity index (χ1v) is 5.51. The van der Waals surface area contributed by atoms with Gasteiger partial charge in [-0.2, -0.15) is 0 Å². The Bertz CT molecular complexity index is 341. The summed E-state index contributed by atoms with van der Waals surface area (Å²) in [7, 11) is 3.27. The van der Waals surface area contributed by atoms with E-state index < -0.39 is 5.97 Å². The average molecular weight is 239 g/mol. The normalized spacial score (nSPS) is 11.3. The number of ether oxygens (including phenoxy) is 1. The molecule has 0 atom stereocenters. The van der Waals surface area contributed by atoms with Gasteiger partial charge in [-0.15, -0.1) is 0 Å². The van der Waals surface area contributed by atoms with Crippen LogP contribution in [-0.4, -0.2) is 37.5 Å². The van der Waals surface area contributed by atoms with Gasteiger partial charge in [-0.1, -0.05) is 20.4 Å². The molecule has 4 nitrogen and oxygen atoms in total. The minimum Gasteiger partial charge on any atom is -0.462 e. The highest BCUT2D eigenvalue weighted by Crippen LogP contribution is 2.06. The fourth-order valence-electron chi connectivity index (χ4n) is 1.03. The zero-order valence-electron chi connectivity index (χ0n) is 11.2. The quantitative estimate of drug-likeness (QED) is 0.417. The Morgan fingerprint density at radius 3 is 2.29 bits per heavy atom. The molecule has 0 radical (unpaired) electrons. The second kappa shape index (κ2) is 6.89. The number of hydrogen-bond acceptors (Lipinski definition) is 3. The zero-order valence-corrected chi connectivity index (χ0v) is 11.2. The standard InChI is InChI=1S/C13H21NO3/c1-9(2)8-17-13(16)11(4)7-10(3)12(15)14(5)6/h7,9H,3,8H2,1-2,4-6H3/b11-7+. The van der Waals surface area contributed by atoms with Gasteiger partial charge in [-0.05, 0) is 18.9 Å². The summed E-state index contributed by atoms with van der Waals surface area (Å²) in [6.45, 7) is 9.52. The summed E-state index contributed by atoms with van der Waals surface area (Å²) in [6.07, 6.45) is 1.45. The van der Waals surface area contributed by atoms with E-state index in [-0.39, 0.29) is 11.5 Å². The summed E-state index contributed by atoms with van der Waals surface area (Å²) in [4.78, 5) is 24.4. The third-order valence-corrected chi connectivity index (χ3v) is 1.94. The van der Waals surface area contributed by atoms with Gasteiger partial charge in [0.25, 0.3) is 5.91 Å². The summed E-state index contributed by atoms with van der Waals surface area (Å²) in [5.74, 6) is -0.342. The summed E-state index contributed by atoms with van der Waals surface area (Å²) < 4.78 is 5.03. The third kappa shape index (κ3) is 5.90. The van der Waals surface area contributed by atoms with Crippen molar-refractivity contribution in [1.82, 2.24) is 4.90 Å². The van der Waals surface area contributed by atoms with Crippen LogP contribution in [0.2, 0.25) is 0 Å². The van der Waals surface area contributed by atoms with E-state index >= 15 is 0 Å². The Labute approximate surface area is 103 Å². The molecule has 0 aliphatic heterocycles. The summed E-state index contributed by atoms with van der Waals surface area (Å²) >= 11 is 0. The molecule has 0 heterocycles.